The van der Waals surface area contributed by atoms with Gasteiger partial charge in [0.1, 0.15) is 5.75 Å². The first-order valence-electron chi connectivity index (χ1n) is 7.14. The molecular formula is C15H20ClNO4S. The standard InChI is InChI=1S/C15H20ClNO4S/c1-4-17(11-5-6-22(19,20)9-11)15(18)12-8-13(16)10(2)7-14(12)21-3/h7-8,11H,4-6,9H2,1-3H3. The Bertz CT molecular complexity index is 687. The first-order valence-corrected chi connectivity index (χ1v) is 9.34. The summed E-state index contributed by atoms with van der Waals surface area (Å²) >= 11 is 6.12. The molecule has 5 nitrogen and oxygen atoms in total. The van der Waals surface area contributed by atoms with Gasteiger partial charge in [0.2, 0.25) is 0 Å². The SMILES string of the molecule is CCN(C(=O)c1cc(Cl)c(C)cc1OC)C1CCS(=O)(=O)C1. The Balaban J connectivity index is 2.35. The van der Waals surface area contributed by atoms with Crippen LogP contribution < -0.4 is 4.74 Å². The van der Waals surface area contributed by atoms with Crippen LogP contribution in [0, 0.1) is 6.92 Å². The molecule has 22 heavy (non-hydrogen) atoms. The van der Waals surface area contributed by atoms with Crippen LogP contribution >= 0.6 is 11.6 Å². The van der Waals surface area contributed by atoms with Crippen LogP contribution in [0.3, 0.4) is 0 Å². The fourth-order valence-corrected chi connectivity index (χ4v) is 4.63. The van der Waals surface area contributed by atoms with Crippen molar-refractivity contribution in [3.05, 3.63) is 28.3 Å². The second-order valence-corrected chi connectivity index (χ2v) is 8.09. The number of amides is 1. The fourth-order valence-electron chi connectivity index (χ4n) is 2.73. The Morgan fingerprint density at radius 2 is 2.14 bits per heavy atom. The number of carbonyl (C=O) groups excluding carboxylic acids is 1. The van der Waals surface area contributed by atoms with Crippen LogP contribution in [-0.4, -0.2) is 50.4 Å². The smallest absolute Gasteiger partial charge is 0.257 e. The minimum Gasteiger partial charge on any atom is -0.496 e. The van der Waals surface area contributed by atoms with Crippen molar-refractivity contribution in [2.45, 2.75) is 26.3 Å². The van der Waals surface area contributed by atoms with Gasteiger partial charge in [-0.15, -0.1) is 0 Å². The van der Waals surface area contributed by atoms with E-state index in [1.165, 1.54) is 7.11 Å². The molecule has 7 heteroatoms. The summed E-state index contributed by atoms with van der Waals surface area (Å²) in [6.45, 7) is 4.11. The van der Waals surface area contributed by atoms with Crippen molar-refractivity contribution < 1.29 is 17.9 Å². The molecule has 0 bridgehead atoms. The molecule has 0 aliphatic carbocycles. The molecule has 0 aromatic heterocycles. The highest BCUT2D eigenvalue weighted by atomic mass is 35.5. The quantitative estimate of drug-likeness (QED) is 0.840. The van der Waals surface area contributed by atoms with Gasteiger partial charge in [0.15, 0.2) is 9.84 Å². The van der Waals surface area contributed by atoms with Crippen molar-refractivity contribution in [2.24, 2.45) is 0 Å². The fraction of sp³-hybridized carbons (Fsp3) is 0.533. The van der Waals surface area contributed by atoms with E-state index in [4.69, 9.17) is 16.3 Å². The summed E-state index contributed by atoms with van der Waals surface area (Å²) in [5, 5.41) is 0.485. The van der Waals surface area contributed by atoms with E-state index >= 15 is 0 Å². The van der Waals surface area contributed by atoms with Crippen LogP contribution in [0.2, 0.25) is 5.02 Å². The highest BCUT2D eigenvalue weighted by molar-refractivity contribution is 7.91. The average molecular weight is 346 g/mol. The number of methoxy groups -OCH3 is 1. The van der Waals surface area contributed by atoms with Gasteiger partial charge in [-0.3, -0.25) is 4.79 Å². The number of benzene rings is 1. The van der Waals surface area contributed by atoms with E-state index in [0.717, 1.165) is 5.56 Å². The third kappa shape index (κ3) is 3.38. The van der Waals surface area contributed by atoms with Gasteiger partial charge in [-0.05, 0) is 38.0 Å². The topological polar surface area (TPSA) is 63.7 Å². The molecule has 1 saturated heterocycles. The summed E-state index contributed by atoms with van der Waals surface area (Å²) in [5.41, 5.74) is 1.19. The highest BCUT2D eigenvalue weighted by Gasteiger charge is 2.35. The van der Waals surface area contributed by atoms with E-state index in [9.17, 15) is 13.2 Å². The zero-order valence-corrected chi connectivity index (χ0v) is 14.5. The minimum absolute atomic E-state index is 0.0223. The normalized spacial score (nSPS) is 19.9. The van der Waals surface area contributed by atoms with Crippen LogP contribution in [-0.2, 0) is 9.84 Å². The van der Waals surface area contributed by atoms with Gasteiger partial charge in [-0.2, -0.15) is 0 Å². The van der Waals surface area contributed by atoms with Crippen molar-refractivity contribution in [1.82, 2.24) is 4.90 Å². The van der Waals surface area contributed by atoms with Crippen LogP contribution in [0.1, 0.15) is 29.3 Å². The number of hydrogen-bond acceptors (Lipinski definition) is 4. The van der Waals surface area contributed by atoms with Crippen molar-refractivity contribution in [2.75, 3.05) is 25.2 Å². The lowest BCUT2D eigenvalue weighted by Crippen LogP contribution is -2.41. The Hall–Kier alpha value is -1.27. The number of ether oxygens (including phenoxy) is 1. The first kappa shape index (κ1) is 17.1. The van der Waals surface area contributed by atoms with Crippen LogP contribution in [0.25, 0.3) is 0 Å². The summed E-state index contributed by atoms with van der Waals surface area (Å²) in [5.74, 6) is 0.358. The van der Waals surface area contributed by atoms with Gasteiger partial charge in [0.25, 0.3) is 5.91 Å². The molecule has 1 aliphatic heterocycles. The average Bonchev–Trinajstić information content (AvgIpc) is 2.82. The van der Waals surface area contributed by atoms with Crippen molar-refractivity contribution >= 4 is 27.3 Å². The molecule has 1 unspecified atom stereocenters. The first-order chi connectivity index (χ1) is 10.3. The van der Waals surface area contributed by atoms with E-state index in [2.05, 4.69) is 0 Å². The summed E-state index contributed by atoms with van der Waals surface area (Å²) in [7, 11) is -1.55. The maximum absolute atomic E-state index is 12.8. The molecule has 1 aromatic carbocycles. The third-order valence-electron chi connectivity index (χ3n) is 3.96. The molecule has 2 rings (SSSR count). The lowest BCUT2D eigenvalue weighted by Gasteiger charge is -2.27. The Morgan fingerprint density at radius 1 is 1.45 bits per heavy atom. The molecule has 0 radical (unpaired) electrons. The van der Waals surface area contributed by atoms with Gasteiger partial charge in [0, 0.05) is 17.6 Å². The Kier molecular flexibility index (Phi) is 5.02. The Labute approximate surface area is 136 Å². The summed E-state index contributed by atoms with van der Waals surface area (Å²) in [4.78, 5) is 14.4. The number of hydrogen-bond donors (Lipinski definition) is 0. The number of halogens is 1. The molecule has 0 N–H and O–H groups in total. The van der Waals surface area contributed by atoms with E-state index in [0.29, 0.717) is 29.3 Å². The predicted molar refractivity (Wildman–Crippen MR) is 86.5 cm³/mol. The molecule has 0 saturated carbocycles. The zero-order valence-electron chi connectivity index (χ0n) is 12.9. The highest BCUT2D eigenvalue weighted by Crippen LogP contribution is 2.29. The van der Waals surface area contributed by atoms with Gasteiger partial charge >= 0.3 is 0 Å². The summed E-state index contributed by atoms with van der Waals surface area (Å²) in [6.07, 6.45) is 0.476. The lowest BCUT2D eigenvalue weighted by molar-refractivity contribution is 0.0705. The van der Waals surface area contributed by atoms with Crippen LogP contribution in [0.4, 0.5) is 0 Å². The Morgan fingerprint density at radius 3 is 2.64 bits per heavy atom. The van der Waals surface area contributed by atoms with E-state index in [1.54, 1.807) is 17.0 Å². The minimum atomic E-state index is -3.05. The predicted octanol–water partition coefficient (Wildman–Crippen LogP) is 2.31. The van der Waals surface area contributed by atoms with Crippen molar-refractivity contribution in [3.8, 4) is 5.75 Å². The van der Waals surface area contributed by atoms with Gasteiger partial charge in [0.05, 0.1) is 24.2 Å². The molecular weight excluding hydrogens is 326 g/mol. The third-order valence-corrected chi connectivity index (χ3v) is 6.12. The van der Waals surface area contributed by atoms with E-state index in [1.807, 2.05) is 13.8 Å². The van der Waals surface area contributed by atoms with Crippen molar-refractivity contribution in [1.29, 1.82) is 0 Å². The number of sulfone groups is 1. The maximum Gasteiger partial charge on any atom is 0.257 e. The zero-order chi connectivity index (χ0) is 16.5. The van der Waals surface area contributed by atoms with Crippen LogP contribution in [0.5, 0.6) is 5.75 Å². The summed E-state index contributed by atoms with van der Waals surface area (Å²) in [6, 6.07) is 3.02. The second-order valence-electron chi connectivity index (χ2n) is 5.45. The molecule has 122 valence electrons. The van der Waals surface area contributed by atoms with E-state index in [-0.39, 0.29) is 23.5 Å². The molecule has 0 spiro atoms. The maximum atomic E-state index is 12.8. The molecule has 1 aliphatic rings. The van der Waals surface area contributed by atoms with E-state index < -0.39 is 9.84 Å². The number of rotatable bonds is 4. The molecule has 1 fully saturated rings. The molecule has 1 heterocycles. The number of aryl methyl sites for hydroxylation is 1. The number of carbonyl (C=O) groups is 1. The van der Waals surface area contributed by atoms with Gasteiger partial charge < -0.3 is 9.64 Å². The number of nitrogens with zero attached hydrogens (tertiary/aromatic N) is 1. The summed E-state index contributed by atoms with van der Waals surface area (Å²) < 4.78 is 28.6. The van der Waals surface area contributed by atoms with Crippen LogP contribution in [0.15, 0.2) is 12.1 Å². The van der Waals surface area contributed by atoms with Gasteiger partial charge in [-0.1, -0.05) is 11.6 Å². The molecule has 1 aromatic rings. The molecule has 1 atom stereocenters. The lowest BCUT2D eigenvalue weighted by atomic mass is 10.1. The second kappa shape index (κ2) is 6.46. The van der Waals surface area contributed by atoms with Crippen molar-refractivity contribution in [3.63, 3.8) is 0 Å². The molecule has 1 amide bonds. The monoisotopic (exact) mass is 345 g/mol. The largest absolute Gasteiger partial charge is 0.496 e. The van der Waals surface area contributed by atoms with Gasteiger partial charge in [-0.25, -0.2) is 8.42 Å².